The van der Waals surface area contributed by atoms with E-state index < -0.39 is 5.60 Å². The van der Waals surface area contributed by atoms with Crippen LogP contribution in [0.1, 0.15) is 22.6 Å². The first-order chi connectivity index (χ1) is 9.23. The minimum atomic E-state index is -0.852. The molecule has 1 aromatic heterocycles. The summed E-state index contributed by atoms with van der Waals surface area (Å²) in [5, 5.41) is 15.0. The number of hydrogen-bond acceptors (Lipinski definition) is 4. The van der Waals surface area contributed by atoms with Crippen LogP contribution in [0.3, 0.4) is 0 Å². The molecule has 1 unspecified atom stereocenters. The summed E-state index contributed by atoms with van der Waals surface area (Å²) in [7, 11) is 5.56. The van der Waals surface area contributed by atoms with E-state index in [4.69, 9.17) is 11.6 Å². The molecule has 2 rings (SSSR count). The summed E-state index contributed by atoms with van der Waals surface area (Å²) >= 11 is 6.14. The van der Waals surface area contributed by atoms with E-state index in [-0.39, 0.29) is 11.6 Å². The van der Waals surface area contributed by atoms with Crippen LogP contribution in [-0.2, 0) is 7.05 Å². The zero-order valence-electron chi connectivity index (χ0n) is 12.4. The molecule has 1 N–H and O–H groups in total. The number of rotatable bonds is 3. The first kappa shape index (κ1) is 15.3. The minimum Gasteiger partial charge on any atom is -0.387 e. The van der Waals surface area contributed by atoms with E-state index in [1.54, 1.807) is 16.6 Å². The molecular weight excluding hydrogens is 280 g/mol. The van der Waals surface area contributed by atoms with Gasteiger partial charge in [-0.1, -0.05) is 11.6 Å². The van der Waals surface area contributed by atoms with Crippen LogP contribution in [0, 0.1) is 6.92 Å². The van der Waals surface area contributed by atoms with Crippen molar-refractivity contribution in [3.05, 3.63) is 16.4 Å². The summed E-state index contributed by atoms with van der Waals surface area (Å²) in [6.45, 7) is 3.19. The molecule has 1 aliphatic heterocycles. The maximum absolute atomic E-state index is 12.4. The number of likely N-dealkylation sites (N-methyl/N-ethyl adjacent to an activating group) is 1. The Morgan fingerprint density at radius 3 is 2.70 bits per heavy atom. The van der Waals surface area contributed by atoms with Crippen molar-refractivity contribution in [1.29, 1.82) is 0 Å². The summed E-state index contributed by atoms with van der Waals surface area (Å²) in [5.74, 6) is -0.214. The van der Waals surface area contributed by atoms with E-state index in [2.05, 4.69) is 5.10 Å². The zero-order chi connectivity index (χ0) is 15.1. The predicted octanol–water partition coefficient (Wildman–Crippen LogP) is 0.521. The largest absolute Gasteiger partial charge is 0.387 e. The standard InChI is InChI=1S/C13H21ClN4O2/c1-9-10(14)11(15-17(9)4)12(19)18-6-5-13(20,8-18)7-16(2)3/h20H,5-8H2,1-4H3. The van der Waals surface area contributed by atoms with E-state index in [0.29, 0.717) is 31.1 Å². The normalized spacial score (nSPS) is 22.9. The monoisotopic (exact) mass is 300 g/mol. The Balaban J connectivity index is 2.14. The SMILES string of the molecule is Cc1c(Cl)c(C(=O)N2CCC(O)(CN(C)C)C2)nn1C. The van der Waals surface area contributed by atoms with Gasteiger partial charge in [0.15, 0.2) is 5.69 Å². The van der Waals surface area contributed by atoms with Crippen molar-refractivity contribution >= 4 is 17.5 Å². The van der Waals surface area contributed by atoms with E-state index >= 15 is 0 Å². The second-order valence-electron chi connectivity index (χ2n) is 5.81. The highest BCUT2D eigenvalue weighted by atomic mass is 35.5. The molecule has 1 atom stereocenters. The fraction of sp³-hybridized carbons (Fsp3) is 0.692. The number of likely N-dealkylation sites (tertiary alicyclic amines) is 1. The quantitative estimate of drug-likeness (QED) is 0.884. The second kappa shape index (κ2) is 5.35. The molecule has 112 valence electrons. The van der Waals surface area contributed by atoms with E-state index in [0.717, 1.165) is 5.69 Å². The molecule has 1 saturated heterocycles. The van der Waals surface area contributed by atoms with Crippen LogP contribution in [0.25, 0.3) is 0 Å². The van der Waals surface area contributed by atoms with Gasteiger partial charge >= 0.3 is 0 Å². The molecule has 2 heterocycles. The van der Waals surface area contributed by atoms with E-state index in [1.807, 2.05) is 25.9 Å². The molecule has 6 nitrogen and oxygen atoms in total. The molecule has 0 spiro atoms. The Hall–Kier alpha value is -1.11. The van der Waals surface area contributed by atoms with Gasteiger partial charge in [0, 0.05) is 20.1 Å². The maximum atomic E-state index is 12.4. The lowest BCUT2D eigenvalue weighted by Crippen LogP contribution is -2.43. The molecular formula is C13H21ClN4O2. The van der Waals surface area contributed by atoms with Crippen LogP contribution in [0.2, 0.25) is 5.02 Å². The van der Waals surface area contributed by atoms with Gasteiger partial charge in [0.05, 0.1) is 22.9 Å². The van der Waals surface area contributed by atoms with Gasteiger partial charge in [-0.15, -0.1) is 0 Å². The Bertz CT molecular complexity index is 529. The lowest BCUT2D eigenvalue weighted by molar-refractivity contribution is 0.0235. The van der Waals surface area contributed by atoms with Gasteiger partial charge in [-0.2, -0.15) is 5.10 Å². The summed E-state index contributed by atoms with van der Waals surface area (Å²) in [6, 6.07) is 0. The average Bonchev–Trinajstić information content (AvgIpc) is 2.84. The molecule has 20 heavy (non-hydrogen) atoms. The Kier molecular flexibility index (Phi) is 4.09. The number of halogens is 1. The van der Waals surface area contributed by atoms with Crippen molar-refractivity contribution in [3.63, 3.8) is 0 Å². The molecule has 0 aromatic carbocycles. The second-order valence-corrected chi connectivity index (χ2v) is 6.19. The Morgan fingerprint density at radius 1 is 1.55 bits per heavy atom. The molecule has 7 heteroatoms. The molecule has 1 amide bonds. The van der Waals surface area contributed by atoms with Crippen molar-refractivity contribution < 1.29 is 9.90 Å². The fourth-order valence-corrected chi connectivity index (χ4v) is 2.86. The number of carbonyl (C=O) groups excluding carboxylic acids is 1. The van der Waals surface area contributed by atoms with Crippen LogP contribution in [0.5, 0.6) is 0 Å². The highest BCUT2D eigenvalue weighted by molar-refractivity contribution is 6.34. The Labute approximate surface area is 123 Å². The molecule has 0 bridgehead atoms. The number of amides is 1. The number of hydrogen-bond donors (Lipinski definition) is 1. The summed E-state index contributed by atoms with van der Waals surface area (Å²) < 4.78 is 1.59. The van der Waals surface area contributed by atoms with Crippen LogP contribution in [-0.4, -0.2) is 69.9 Å². The van der Waals surface area contributed by atoms with Crippen molar-refractivity contribution in [2.45, 2.75) is 18.9 Å². The number of aliphatic hydroxyl groups is 1. The lowest BCUT2D eigenvalue weighted by Gasteiger charge is -2.26. The fourth-order valence-electron chi connectivity index (χ4n) is 2.62. The van der Waals surface area contributed by atoms with Gasteiger partial charge in [0.1, 0.15) is 0 Å². The first-order valence-electron chi connectivity index (χ1n) is 6.59. The van der Waals surface area contributed by atoms with Crippen molar-refractivity contribution in [2.75, 3.05) is 33.7 Å². The zero-order valence-corrected chi connectivity index (χ0v) is 13.1. The Morgan fingerprint density at radius 2 is 2.20 bits per heavy atom. The molecule has 0 aliphatic carbocycles. The number of aryl methyl sites for hydroxylation is 1. The summed E-state index contributed by atoms with van der Waals surface area (Å²) in [5.41, 5.74) is 0.175. The third-order valence-corrected chi connectivity index (χ3v) is 4.15. The van der Waals surface area contributed by atoms with Crippen LogP contribution in [0.15, 0.2) is 0 Å². The van der Waals surface area contributed by atoms with Crippen LogP contribution >= 0.6 is 11.6 Å². The third-order valence-electron chi connectivity index (χ3n) is 3.69. The molecule has 1 aromatic rings. The number of nitrogens with zero attached hydrogens (tertiary/aromatic N) is 4. The summed E-state index contributed by atoms with van der Waals surface area (Å²) in [4.78, 5) is 16.0. The summed E-state index contributed by atoms with van der Waals surface area (Å²) in [6.07, 6.45) is 0.570. The number of β-amino-alcohol motifs (C(OH)–C–C–N with tert-alkyl or cyclic N) is 1. The predicted molar refractivity (Wildman–Crippen MR) is 77.0 cm³/mol. The van der Waals surface area contributed by atoms with E-state index in [9.17, 15) is 9.90 Å². The lowest BCUT2D eigenvalue weighted by atomic mass is 10.0. The van der Waals surface area contributed by atoms with Crippen molar-refractivity contribution in [2.24, 2.45) is 7.05 Å². The first-order valence-corrected chi connectivity index (χ1v) is 6.97. The number of aromatic nitrogens is 2. The molecule has 1 aliphatic rings. The van der Waals surface area contributed by atoms with Gasteiger partial charge in [0.25, 0.3) is 5.91 Å². The topological polar surface area (TPSA) is 61.6 Å². The van der Waals surface area contributed by atoms with Crippen molar-refractivity contribution in [3.8, 4) is 0 Å². The van der Waals surface area contributed by atoms with E-state index in [1.165, 1.54) is 0 Å². The highest BCUT2D eigenvalue weighted by Crippen LogP contribution is 2.26. The highest BCUT2D eigenvalue weighted by Gasteiger charge is 2.39. The number of carbonyl (C=O) groups is 1. The van der Waals surface area contributed by atoms with Gasteiger partial charge in [0.2, 0.25) is 0 Å². The van der Waals surface area contributed by atoms with Crippen molar-refractivity contribution in [1.82, 2.24) is 19.6 Å². The maximum Gasteiger partial charge on any atom is 0.276 e. The minimum absolute atomic E-state index is 0.214. The van der Waals surface area contributed by atoms with Gasteiger partial charge in [-0.3, -0.25) is 9.48 Å². The third kappa shape index (κ3) is 2.82. The smallest absolute Gasteiger partial charge is 0.276 e. The molecule has 1 fully saturated rings. The van der Waals surface area contributed by atoms with Crippen LogP contribution < -0.4 is 0 Å². The average molecular weight is 301 g/mol. The van der Waals surface area contributed by atoms with Gasteiger partial charge in [-0.25, -0.2) is 0 Å². The van der Waals surface area contributed by atoms with Gasteiger partial charge in [-0.05, 0) is 27.4 Å². The molecule has 0 saturated carbocycles. The van der Waals surface area contributed by atoms with Gasteiger partial charge < -0.3 is 14.9 Å². The molecule has 0 radical (unpaired) electrons. The van der Waals surface area contributed by atoms with Crippen LogP contribution in [0.4, 0.5) is 0 Å².